The standard InChI is InChI=1S/C13H14FNO2/c14-10-1-2-12-9(5-10)7-11-6-8(13(16)17)3-4-15(11)12/h1-2,5,8,11H,3-4,6-7H2,(H,16,17). The van der Waals surface area contributed by atoms with Gasteiger partial charge in [-0.05, 0) is 43.0 Å². The highest BCUT2D eigenvalue weighted by Gasteiger charge is 2.37. The van der Waals surface area contributed by atoms with E-state index in [0.717, 1.165) is 24.2 Å². The van der Waals surface area contributed by atoms with Gasteiger partial charge in [0.05, 0.1) is 5.92 Å². The maximum Gasteiger partial charge on any atom is 0.306 e. The molecular weight excluding hydrogens is 221 g/mol. The van der Waals surface area contributed by atoms with Crippen molar-refractivity contribution in [1.82, 2.24) is 0 Å². The van der Waals surface area contributed by atoms with Crippen LogP contribution in [0.2, 0.25) is 0 Å². The summed E-state index contributed by atoms with van der Waals surface area (Å²) in [5.74, 6) is -1.15. The molecule has 1 N–H and O–H groups in total. The lowest BCUT2D eigenvalue weighted by Gasteiger charge is -2.35. The number of piperidine rings is 1. The van der Waals surface area contributed by atoms with E-state index in [2.05, 4.69) is 4.90 Å². The van der Waals surface area contributed by atoms with E-state index in [1.807, 2.05) is 6.07 Å². The van der Waals surface area contributed by atoms with Crippen molar-refractivity contribution in [3.8, 4) is 0 Å². The second-order valence-corrected chi connectivity index (χ2v) is 4.88. The Morgan fingerprint density at radius 2 is 2.29 bits per heavy atom. The zero-order valence-electron chi connectivity index (χ0n) is 9.40. The molecule has 3 rings (SSSR count). The molecule has 2 aliphatic heterocycles. The summed E-state index contributed by atoms with van der Waals surface area (Å²) >= 11 is 0. The van der Waals surface area contributed by atoms with Crippen molar-refractivity contribution in [3.05, 3.63) is 29.6 Å². The molecule has 0 amide bonds. The Labute approximate surface area is 98.9 Å². The Morgan fingerprint density at radius 1 is 1.47 bits per heavy atom. The summed E-state index contributed by atoms with van der Waals surface area (Å²) in [6.07, 6.45) is 2.13. The summed E-state index contributed by atoms with van der Waals surface area (Å²) < 4.78 is 13.1. The van der Waals surface area contributed by atoms with Crippen molar-refractivity contribution < 1.29 is 14.3 Å². The quantitative estimate of drug-likeness (QED) is 0.810. The van der Waals surface area contributed by atoms with E-state index >= 15 is 0 Å². The molecule has 90 valence electrons. The Balaban J connectivity index is 1.86. The number of hydrogen-bond acceptors (Lipinski definition) is 2. The molecule has 1 fully saturated rings. The molecule has 0 spiro atoms. The fraction of sp³-hybridized carbons (Fsp3) is 0.462. The molecule has 4 heteroatoms. The first kappa shape index (κ1) is 10.6. The van der Waals surface area contributed by atoms with Crippen LogP contribution >= 0.6 is 0 Å². The van der Waals surface area contributed by atoms with Crippen molar-refractivity contribution in [1.29, 1.82) is 0 Å². The largest absolute Gasteiger partial charge is 0.481 e. The number of carboxylic acids is 1. The number of carbonyl (C=O) groups is 1. The molecule has 0 aromatic heterocycles. The number of nitrogens with zero attached hydrogens (tertiary/aromatic N) is 1. The van der Waals surface area contributed by atoms with E-state index < -0.39 is 5.97 Å². The lowest BCUT2D eigenvalue weighted by Crippen LogP contribution is -2.42. The number of hydrogen-bond donors (Lipinski definition) is 1. The topological polar surface area (TPSA) is 40.5 Å². The van der Waals surface area contributed by atoms with E-state index in [0.29, 0.717) is 12.8 Å². The lowest BCUT2D eigenvalue weighted by molar-refractivity contribution is -0.142. The molecule has 2 heterocycles. The first-order valence-electron chi connectivity index (χ1n) is 5.93. The lowest BCUT2D eigenvalue weighted by atomic mass is 9.91. The van der Waals surface area contributed by atoms with Crippen molar-refractivity contribution in [2.24, 2.45) is 5.92 Å². The van der Waals surface area contributed by atoms with E-state index in [4.69, 9.17) is 5.11 Å². The maximum absolute atomic E-state index is 13.1. The van der Waals surface area contributed by atoms with Crippen LogP contribution in [-0.4, -0.2) is 23.7 Å². The van der Waals surface area contributed by atoms with E-state index in [1.165, 1.54) is 6.07 Å². The van der Waals surface area contributed by atoms with Crippen LogP contribution in [-0.2, 0) is 11.2 Å². The molecule has 0 saturated carbocycles. The van der Waals surface area contributed by atoms with Gasteiger partial charge in [0, 0.05) is 18.3 Å². The molecule has 1 aromatic rings. The van der Waals surface area contributed by atoms with Gasteiger partial charge in [0.15, 0.2) is 0 Å². The van der Waals surface area contributed by atoms with Gasteiger partial charge in [-0.3, -0.25) is 4.79 Å². The monoisotopic (exact) mass is 235 g/mol. The number of benzene rings is 1. The Kier molecular flexibility index (Phi) is 2.31. The summed E-state index contributed by atoms with van der Waals surface area (Å²) in [6.45, 7) is 0.764. The van der Waals surface area contributed by atoms with Gasteiger partial charge in [0.1, 0.15) is 5.82 Å². The average molecular weight is 235 g/mol. The summed E-state index contributed by atoms with van der Waals surface area (Å²) in [4.78, 5) is 13.2. The Bertz CT molecular complexity index is 474. The predicted octanol–water partition coefficient (Wildman–Crippen LogP) is 2.05. The fourth-order valence-electron chi connectivity index (χ4n) is 3.04. The molecule has 0 bridgehead atoms. The molecule has 3 nitrogen and oxygen atoms in total. The number of aliphatic carboxylic acids is 1. The minimum atomic E-state index is -0.702. The molecule has 0 radical (unpaired) electrons. The third kappa shape index (κ3) is 1.68. The molecular formula is C13H14FNO2. The van der Waals surface area contributed by atoms with Crippen LogP contribution in [0.5, 0.6) is 0 Å². The molecule has 2 unspecified atom stereocenters. The first-order valence-corrected chi connectivity index (χ1v) is 5.93. The smallest absolute Gasteiger partial charge is 0.306 e. The summed E-state index contributed by atoms with van der Waals surface area (Å²) in [7, 11) is 0. The highest BCUT2D eigenvalue weighted by atomic mass is 19.1. The number of anilines is 1. The number of carboxylic acid groups (broad SMARTS) is 1. The maximum atomic E-state index is 13.1. The van der Waals surface area contributed by atoms with E-state index in [1.54, 1.807) is 6.07 Å². The van der Waals surface area contributed by atoms with Crippen LogP contribution in [0.3, 0.4) is 0 Å². The van der Waals surface area contributed by atoms with Gasteiger partial charge in [-0.25, -0.2) is 4.39 Å². The summed E-state index contributed by atoms with van der Waals surface area (Å²) in [6, 6.07) is 5.10. The highest BCUT2D eigenvalue weighted by molar-refractivity contribution is 5.71. The van der Waals surface area contributed by atoms with Gasteiger partial charge in [-0.1, -0.05) is 0 Å². The van der Waals surface area contributed by atoms with Gasteiger partial charge in [-0.15, -0.1) is 0 Å². The molecule has 1 saturated heterocycles. The fourth-order valence-corrected chi connectivity index (χ4v) is 3.04. The predicted molar refractivity (Wildman–Crippen MR) is 61.6 cm³/mol. The van der Waals surface area contributed by atoms with E-state index in [-0.39, 0.29) is 17.8 Å². The third-order valence-electron chi connectivity index (χ3n) is 3.87. The second kappa shape index (κ2) is 3.72. The minimum Gasteiger partial charge on any atom is -0.481 e. The van der Waals surface area contributed by atoms with Crippen LogP contribution in [0.4, 0.5) is 10.1 Å². The second-order valence-electron chi connectivity index (χ2n) is 4.88. The molecule has 2 atom stereocenters. The summed E-state index contributed by atoms with van der Waals surface area (Å²) in [5, 5.41) is 9.04. The number of halogens is 1. The van der Waals surface area contributed by atoms with Crippen LogP contribution in [0, 0.1) is 11.7 Å². The van der Waals surface area contributed by atoms with Crippen molar-refractivity contribution in [3.63, 3.8) is 0 Å². The summed E-state index contributed by atoms with van der Waals surface area (Å²) in [5.41, 5.74) is 2.10. The Morgan fingerprint density at radius 3 is 3.06 bits per heavy atom. The zero-order valence-corrected chi connectivity index (χ0v) is 9.40. The highest BCUT2D eigenvalue weighted by Crippen LogP contribution is 2.38. The van der Waals surface area contributed by atoms with Gasteiger partial charge >= 0.3 is 5.97 Å². The van der Waals surface area contributed by atoms with Crippen molar-refractivity contribution in [2.75, 3.05) is 11.4 Å². The van der Waals surface area contributed by atoms with E-state index in [9.17, 15) is 9.18 Å². The normalized spacial score (nSPS) is 26.5. The van der Waals surface area contributed by atoms with Gasteiger partial charge in [-0.2, -0.15) is 0 Å². The zero-order chi connectivity index (χ0) is 12.0. The molecule has 0 aliphatic carbocycles. The Hall–Kier alpha value is -1.58. The van der Waals surface area contributed by atoms with Crippen LogP contribution < -0.4 is 4.90 Å². The van der Waals surface area contributed by atoms with Crippen LogP contribution in [0.1, 0.15) is 18.4 Å². The van der Waals surface area contributed by atoms with Gasteiger partial charge in [0.2, 0.25) is 0 Å². The van der Waals surface area contributed by atoms with Gasteiger partial charge in [0.25, 0.3) is 0 Å². The number of rotatable bonds is 1. The SMILES string of the molecule is O=C(O)C1CCN2c3ccc(F)cc3CC2C1. The molecule has 1 aromatic carbocycles. The van der Waals surface area contributed by atoms with Crippen LogP contribution in [0.25, 0.3) is 0 Å². The van der Waals surface area contributed by atoms with Crippen LogP contribution in [0.15, 0.2) is 18.2 Å². The minimum absolute atomic E-state index is 0.210. The van der Waals surface area contributed by atoms with Crippen molar-refractivity contribution >= 4 is 11.7 Å². The van der Waals surface area contributed by atoms with Gasteiger partial charge < -0.3 is 10.0 Å². The average Bonchev–Trinajstić information content (AvgIpc) is 2.64. The molecule has 17 heavy (non-hydrogen) atoms. The molecule has 2 aliphatic rings. The van der Waals surface area contributed by atoms with Crippen molar-refractivity contribution in [2.45, 2.75) is 25.3 Å². The first-order chi connectivity index (χ1) is 8.15. The third-order valence-corrected chi connectivity index (χ3v) is 3.87. The number of fused-ring (bicyclic) bond motifs is 3.